The van der Waals surface area contributed by atoms with Gasteiger partial charge in [-0.25, -0.2) is 0 Å². The second-order valence-corrected chi connectivity index (χ2v) is 7.11. The van der Waals surface area contributed by atoms with Crippen molar-refractivity contribution in [3.05, 3.63) is 24.5 Å². The van der Waals surface area contributed by atoms with Gasteiger partial charge in [-0.2, -0.15) is 0 Å². The predicted octanol–water partition coefficient (Wildman–Crippen LogP) is 2.24. The Morgan fingerprint density at radius 2 is 2.04 bits per heavy atom. The molecule has 3 rings (SSSR count). The second kappa shape index (κ2) is 9.76. The summed E-state index contributed by atoms with van der Waals surface area (Å²) in [5.41, 5.74) is 1.15. The molecule has 2 amide bonds. The van der Waals surface area contributed by atoms with Crippen LogP contribution in [0.2, 0.25) is 0 Å². The first-order chi connectivity index (χ1) is 12.2. The molecule has 1 N–H and O–H groups in total. The number of carbonyl (C=O) groups is 2. The highest BCUT2D eigenvalue weighted by Gasteiger charge is 2.33. The summed E-state index contributed by atoms with van der Waals surface area (Å²) in [4.78, 5) is 32.5. The summed E-state index contributed by atoms with van der Waals surface area (Å²) in [6.07, 6.45) is 8.32. The van der Waals surface area contributed by atoms with Gasteiger partial charge in [-0.1, -0.05) is 13.3 Å². The molecule has 2 atom stereocenters. The number of nitrogens with zero attached hydrogens (tertiary/aromatic N) is 3. The molecule has 0 aliphatic carbocycles. The van der Waals surface area contributed by atoms with E-state index in [-0.39, 0.29) is 36.8 Å². The molecular formula is C19H29ClN4O2. The van der Waals surface area contributed by atoms with Crippen LogP contribution in [0.25, 0.3) is 0 Å². The Morgan fingerprint density at radius 3 is 2.73 bits per heavy atom. The molecule has 0 bridgehead atoms. The van der Waals surface area contributed by atoms with E-state index >= 15 is 0 Å². The summed E-state index contributed by atoms with van der Waals surface area (Å²) in [5.74, 6) is 0.522. The fraction of sp³-hybridized carbons (Fsp3) is 0.632. The summed E-state index contributed by atoms with van der Waals surface area (Å²) in [6.45, 7) is 4.85. The van der Waals surface area contributed by atoms with Gasteiger partial charge >= 0.3 is 0 Å². The van der Waals surface area contributed by atoms with E-state index < -0.39 is 0 Å². The molecule has 2 saturated heterocycles. The normalized spacial score (nSPS) is 22.9. The van der Waals surface area contributed by atoms with Crippen molar-refractivity contribution < 1.29 is 9.59 Å². The number of nitrogens with one attached hydrogen (secondary N) is 1. The minimum atomic E-state index is -0.0297. The maximum absolute atomic E-state index is 12.5. The van der Waals surface area contributed by atoms with Crippen LogP contribution >= 0.6 is 12.4 Å². The van der Waals surface area contributed by atoms with Crippen LogP contribution in [0.15, 0.2) is 24.5 Å². The maximum atomic E-state index is 12.5. The number of hydrogen-bond acceptors (Lipinski definition) is 4. The standard InChI is InChI=1S/C19H28N4O2.ClH/c1-2-5-15-12-23(16-7-9-20-10-8-16)13-17(15)21-18(24)14-22-11-4-3-6-19(22)25;/h7-10,15,17H,2-6,11-14H2,1H3,(H,21,24);1H/t15-,17-;/m0./s1. The van der Waals surface area contributed by atoms with Crippen LogP contribution in [0.3, 0.4) is 0 Å². The molecule has 0 aromatic carbocycles. The Hall–Kier alpha value is -1.82. The smallest absolute Gasteiger partial charge is 0.239 e. The lowest BCUT2D eigenvalue weighted by Gasteiger charge is -2.27. The van der Waals surface area contributed by atoms with E-state index in [9.17, 15) is 9.59 Å². The lowest BCUT2D eigenvalue weighted by molar-refractivity contribution is -0.138. The number of aromatic nitrogens is 1. The van der Waals surface area contributed by atoms with E-state index in [1.165, 1.54) is 0 Å². The molecule has 26 heavy (non-hydrogen) atoms. The predicted molar refractivity (Wildman–Crippen MR) is 104 cm³/mol. The summed E-state index contributed by atoms with van der Waals surface area (Å²) in [6, 6.07) is 4.17. The topological polar surface area (TPSA) is 65.5 Å². The van der Waals surface area contributed by atoms with Gasteiger partial charge in [-0.3, -0.25) is 14.6 Å². The van der Waals surface area contributed by atoms with Crippen LogP contribution in [0.5, 0.6) is 0 Å². The van der Waals surface area contributed by atoms with Crippen molar-refractivity contribution in [2.45, 2.75) is 45.1 Å². The van der Waals surface area contributed by atoms with E-state index in [1.54, 1.807) is 17.3 Å². The largest absolute Gasteiger partial charge is 0.369 e. The van der Waals surface area contributed by atoms with Crippen molar-refractivity contribution in [1.29, 1.82) is 0 Å². The highest BCUT2D eigenvalue weighted by Crippen LogP contribution is 2.26. The average molecular weight is 381 g/mol. The molecule has 7 heteroatoms. The summed E-state index contributed by atoms with van der Waals surface area (Å²) >= 11 is 0. The highest BCUT2D eigenvalue weighted by molar-refractivity contribution is 5.85. The van der Waals surface area contributed by atoms with Crippen molar-refractivity contribution in [3.63, 3.8) is 0 Å². The van der Waals surface area contributed by atoms with Gasteiger partial charge in [-0.05, 0) is 37.3 Å². The Kier molecular flexibility index (Phi) is 7.69. The number of piperidine rings is 1. The van der Waals surface area contributed by atoms with Gasteiger partial charge in [0.05, 0.1) is 12.6 Å². The lowest BCUT2D eigenvalue weighted by Crippen LogP contribution is -2.47. The number of amides is 2. The van der Waals surface area contributed by atoms with Crippen LogP contribution < -0.4 is 10.2 Å². The van der Waals surface area contributed by atoms with Gasteiger partial charge in [-0.15, -0.1) is 12.4 Å². The van der Waals surface area contributed by atoms with Crippen molar-refractivity contribution in [2.75, 3.05) is 31.1 Å². The van der Waals surface area contributed by atoms with Crippen LogP contribution in [0, 0.1) is 5.92 Å². The van der Waals surface area contributed by atoms with Gasteiger partial charge in [0.1, 0.15) is 0 Å². The molecule has 6 nitrogen and oxygen atoms in total. The van der Waals surface area contributed by atoms with E-state index in [1.807, 2.05) is 12.1 Å². The Labute approximate surface area is 161 Å². The van der Waals surface area contributed by atoms with E-state index in [2.05, 4.69) is 22.1 Å². The van der Waals surface area contributed by atoms with Crippen LogP contribution in [-0.4, -0.2) is 53.9 Å². The molecule has 0 saturated carbocycles. The summed E-state index contributed by atoms with van der Waals surface area (Å²) in [7, 11) is 0. The van der Waals surface area contributed by atoms with Crippen LogP contribution in [0.1, 0.15) is 39.0 Å². The molecule has 2 fully saturated rings. The molecule has 2 aliphatic heterocycles. The maximum Gasteiger partial charge on any atom is 0.239 e. The van der Waals surface area contributed by atoms with Crippen molar-refractivity contribution in [1.82, 2.24) is 15.2 Å². The van der Waals surface area contributed by atoms with Crippen LogP contribution in [0.4, 0.5) is 5.69 Å². The third-order valence-electron chi connectivity index (χ3n) is 5.23. The lowest BCUT2D eigenvalue weighted by atomic mass is 9.98. The summed E-state index contributed by atoms with van der Waals surface area (Å²) < 4.78 is 0. The number of pyridine rings is 1. The van der Waals surface area contributed by atoms with Crippen LogP contribution in [-0.2, 0) is 9.59 Å². The molecule has 2 aliphatic rings. The fourth-order valence-electron chi connectivity index (χ4n) is 3.92. The van der Waals surface area contributed by atoms with Gasteiger partial charge in [0.25, 0.3) is 0 Å². The number of hydrogen-bond donors (Lipinski definition) is 1. The van der Waals surface area contributed by atoms with Gasteiger partial charge in [0, 0.05) is 44.1 Å². The van der Waals surface area contributed by atoms with Crippen molar-refractivity contribution in [2.24, 2.45) is 5.92 Å². The van der Waals surface area contributed by atoms with Gasteiger partial charge in [0.15, 0.2) is 0 Å². The van der Waals surface area contributed by atoms with E-state index in [0.29, 0.717) is 18.9 Å². The quantitative estimate of drug-likeness (QED) is 0.821. The van der Waals surface area contributed by atoms with Crippen molar-refractivity contribution >= 4 is 29.9 Å². The zero-order valence-electron chi connectivity index (χ0n) is 15.4. The molecule has 0 spiro atoms. The molecule has 0 radical (unpaired) electrons. The second-order valence-electron chi connectivity index (χ2n) is 7.11. The molecule has 1 aromatic heterocycles. The molecule has 1 aromatic rings. The Balaban J connectivity index is 0.00000243. The number of anilines is 1. The van der Waals surface area contributed by atoms with Gasteiger partial charge in [0.2, 0.25) is 11.8 Å². The Bertz CT molecular complexity index is 598. The van der Waals surface area contributed by atoms with Gasteiger partial charge < -0.3 is 15.1 Å². The number of carbonyl (C=O) groups excluding carboxylic acids is 2. The first-order valence-electron chi connectivity index (χ1n) is 9.39. The highest BCUT2D eigenvalue weighted by atomic mass is 35.5. The number of halogens is 1. The zero-order valence-corrected chi connectivity index (χ0v) is 16.2. The zero-order chi connectivity index (χ0) is 17.6. The molecule has 144 valence electrons. The SMILES string of the molecule is CCC[C@H]1CN(c2ccncc2)C[C@@H]1NC(=O)CN1CCCCC1=O.Cl. The van der Waals surface area contributed by atoms with E-state index in [0.717, 1.165) is 44.5 Å². The first kappa shape index (κ1) is 20.5. The van der Waals surface area contributed by atoms with Crippen molar-refractivity contribution in [3.8, 4) is 0 Å². The van der Waals surface area contributed by atoms with E-state index in [4.69, 9.17) is 0 Å². The average Bonchev–Trinajstić information content (AvgIpc) is 3.01. The monoisotopic (exact) mass is 380 g/mol. The number of rotatable bonds is 6. The molecule has 3 heterocycles. The summed E-state index contributed by atoms with van der Waals surface area (Å²) in [5, 5.41) is 3.19. The molecular weight excluding hydrogens is 352 g/mol. The fourth-order valence-corrected chi connectivity index (χ4v) is 3.92. The minimum absolute atomic E-state index is 0. The minimum Gasteiger partial charge on any atom is -0.369 e. The molecule has 0 unspecified atom stereocenters. The number of likely N-dealkylation sites (tertiary alicyclic amines) is 1. The first-order valence-corrected chi connectivity index (χ1v) is 9.39. The Morgan fingerprint density at radius 1 is 1.27 bits per heavy atom. The third kappa shape index (κ3) is 5.10. The third-order valence-corrected chi connectivity index (χ3v) is 5.23.